The Morgan fingerprint density at radius 2 is 1.88 bits per heavy atom. The zero-order chi connectivity index (χ0) is 23.0. The molecule has 3 N–H and O–H groups in total. The summed E-state index contributed by atoms with van der Waals surface area (Å²) >= 11 is 12.5. The van der Waals surface area contributed by atoms with Gasteiger partial charge in [-0.3, -0.25) is 14.9 Å². The number of primary amides is 1. The molecule has 0 unspecified atom stereocenters. The number of nitrogens with one attached hydrogen (secondary N) is 1. The number of nitrogens with two attached hydrogens (primary N) is 1. The van der Waals surface area contributed by atoms with Gasteiger partial charge in [0.05, 0.1) is 28.2 Å². The van der Waals surface area contributed by atoms with E-state index in [1.165, 1.54) is 19.5 Å². The highest BCUT2D eigenvalue weighted by atomic mass is 35.5. The first-order chi connectivity index (χ1) is 15.3. The molecule has 164 valence electrons. The molecule has 0 radical (unpaired) electrons. The molecule has 1 atom stereocenters. The van der Waals surface area contributed by atoms with Gasteiger partial charge in [-0.1, -0.05) is 23.2 Å². The third-order valence-electron chi connectivity index (χ3n) is 5.16. The number of H-pyrrole nitrogens is 1. The van der Waals surface area contributed by atoms with Crippen molar-refractivity contribution < 1.29 is 14.3 Å². The van der Waals surface area contributed by atoms with E-state index in [1.54, 1.807) is 6.07 Å². The molecule has 0 spiro atoms. The first-order valence-corrected chi connectivity index (χ1v) is 10.5. The maximum atomic E-state index is 12.0. The highest BCUT2D eigenvalue weighted by Gasteiger charge is 2.19. The lowest BCUT2D eigenvalue weighted by atomic mass is 10.00. The summed E-state index contributed by atoms with van der Waals surface area (Å²) in [6, 6.07) is 9.15. The summed E-state index contributed by atoms with van der Waals surface area (Å²) in [4.78, 5) is 15.9. The number of ether oxygens (including phenoxy) is 2. The molecule has 0 fully saturated rings. The molecule has 4 aromatic rings. The minimum Gasteiger partial charge on any atom is -0.496 e. The van der Waals surface area contributed by atoms with Crippen LogP contribution in [0, 0.1) is 6.92 Å². The Bertz CT molecular complexity index is 1320. The van der Waals surface area contributed by atoms with Gasteiger partial charge in [0.2, 0.25) is 0 Å². The molecule has 2 aromatic heterocycles. The fourth-order valence-corrected chi connectivity index (χ4v) is 4.40. The second-order valence-corrected chi connectivity index (χ2v) is 8.11. The number of benzene rings is 2. The Balaban J connectivity index is 1.75. The third-order valence-corrected chi connectivity index (χ3v) is 5.76. The number of aryl methyl sites for hydroxylation is 1. The highest BCUT2D eigenvalue weighted by Crippen LogP contribution is 2.36. The first-order valence-electron chi connectivity index (χ1n) is 9.72. The number of carbonyl (C=O) groups is 1. The zero-order valence-corrected chi connectivity index (χ0v) is 19.1. The molecule has 4 rings (SSSR count). The van der Waals surface area contributed by atoms with Gasteiger partial charge in [0.25, 0.3) is 5.91 Å². The van der Waals surface area contributed by atoms with Gasteiger partial charge in [0.1, 0.15) is 23.3 Å². The second-order valence-electron chi connectivity index (χ2n) is 7.29. The summed E-state index contributed by atoms with van der Waals surface area (Å²) in [5, 5.41) is 9.14. The molecule has 0 bridgehead atoms. The molecule has 0 saturated heterocycles. The van der Waals surface area contributed by atoms with Gasteiger partial charge in [0, 0.05) is 28.9 Å². The van der Waals surface area contributed by atoms with Crippen LogP contribution in [-0.2, 0) is 0 Å². The van der Waals surface area contributed by atoms with Crippen LogP contribution >= 0.6 is 23.2 Å². The molecular formula is C23H20Cl2N4O3. The molecule has 2 heterocycles. The van der Waals surface area contributed by atoms with Crippen molar-refractivity contribution in [1.29, 1.82) is 0 Å². The summed E-state index contributed by atoms with van der Waals surface area (Å²) in [7, 11) is 1.50. The smallest absolute Gasteiger partial charge is 0.252 e. The van der Waals surface area contributed by atoms with Crippen LogP contribution in [0.4, 0.5) is 0 Å². The Morgan fingerprint density at radius 3 is 2.53 bits per heavy atom. The van der Waals surface area contributed by atoms with Crippen LogP contribution in [0.5, 0.6) is 11.5 Å². The van der Waals surface area contributed by atoms with E-state index in [9.17, 15) is 4.79 Å². The number of hydrogen-bond donors (Lipinski definition) is 2. The number of methoxy groups -OCH3 is 1. The van der Waals surface area contributed by atoms with Crippen molar-refractivity contribution in [3.63, 3.8) is 0 Å². The van der Waals surface area contributed by atoms with Crippen LogP contribution in [0.1, 0.15) is 34.5 Å². The molecular weight excluding hydrogens is 451 g/mol. The van der Waals surface area contributed by atoms with Crippen molar-refractivity contribution in [2.45, 2.75) is 20.0 Å². The van der Waals surface area contributed by atoms with Crippen molar-refractivity contribution in [3.8, 4) is 22.8 Å². The largest absolute Gasteiger partial charge is 0.496 e. The molecule has 1 amide bonds. The number of hydrogen-bond acceptors (Lipinski definition) is 5. The van der Waals surface area contributed by atoms with E-state index in [-0.39, 0.29) is 0 Å². The minimum absolute atomic E-state index is 0.293. The molecule has 0 aliphatic rings. The lowest BCUT2D eigenvalue weighted by molar-refractivity contribution is 0.0997. The summed E-state index contributed by atoms with van der Waals surface area (Å²) in [6.45, 7) is 3.71. The number of halogens is 2. The van der Waals surface area contributed by atoms with Crippen molar-refractivity contribution >= 4 is 40.0 Å². The number of rotatable bonds is 6. The minimum atomic E-state index is -0.574. The Morgan fingerprint density at radius 1 is 1.16 bits per heavy atom. The van der Waals surface area contributed by atoms with Crippen LogP contribution in [0.2, 0.25) is 10.0 Å². The number of aromatic amines is 1. The van der Waals surface area contributed by atoms with E-state index in [0.29, 0.717) is 38.4 Å². The number of pyridine rings is 1. The first kappa shape index (κ1) is 21.9. The standard InChI is InChI=1S/C23H20Cl2N4O3/c1-11-6-13(7-16(23(26)30)22(11)31-3)21-15-8-14(4-5-19(15)28-29-21)32-12(2)20-17(24)9-27-10-18(20)25/h4-10,12H,1-3H3,(H2,26,30)(H,28,29)/t12-/m1/s1. The van der Waals surface area contributed by atoms with E-state index in [4.69, 9.17) is 38.4 Å². The molecule has 0 aliphatic carbocycles. The van der Waals surface area contributed by atoms with Gasteiger partial charge in [-0.25, -0.2) is 0 Å². The van der Waals surface area contributed by atoms with Crippen LogP contribution in [0.25, 0.3) is 22.2 Å². The van der Waals surface area contributed by atoms with E-state index in [2.05, 4.69) is 15.2 Å². The van der Waals surface area contributed by atoms with Crippen LogP contribution < -0.4 is 15.2 Å². The number of nitrogens with zero attached hydrogens (tertiary/aromatic N) is 2. The Kier molecular flexibility index (Phi) is 5.95. The number of aromatic nitrogens is 3. The van der Waals surface area contributed by atoms with Gasteiger partial charge in [-0.2, -0.15) is 5.10 Å². The van der Waals surface area contributed by atoms with Gasteiger partial charge in [0.15, 0.2) is 0 Å². The summed E-state index contributed by atoms with van der Waals surface area (Å²) in [6.07, 6.45) is 2.65. The van der Waals surface area contributed by atoms with Crippen molar-refractivity contribution in [2.24, 2.45) is 5.73 Å². The quantitative estimate of drug-likeness (QED) is 0.387. The molecule has 9 heteroatoms. The van der Waals surface area contributed by atoms with Crippen molar-refractivity contribution in [3.05, 3.63) is 69.5 Å². The van der Waals surface area contributed by atoms with E-state index in [1.807, 2.05) is 38.1 Å². The molecule has 0 aliphatic heterocycles. The van der Waals surface area contributed by atoms with Crippen molar-refractivity contribution in [1.82, 2.24) is 15.2 Å². The topological polar surface area (TPSA) is 103 Å². The fourth-order valence-electron chi connectivity index (χ4n) is 3.72. The van der Waals surface area contributed by atoms with E-state index >= 15 is 0 Å². The maximum absolute atomic E-state index is 12.0. The van der Waals surface area contributed by atoms with Gasteiger partial charge < -0.3 is 15.2 Å². The van der Waals surface area contributed by atoms with Crippen LogP contribution in [-0.4, -0.2) is 28.2 Å². The Hall–Kier alpha value is -3.29. The van der Waals surface area contributed by atoms with Gasteiger partial charge >= 0.3 is 0 Å². The third kappa shape index (κ3) is 3.97. The van der Waals surface area contributed by atoms with E-state index < -0.39 is 12.0 Å². The zero-order valence-electron chi connectivity index (χ0n) is 17.6. The summed E-state index contributed by atoms with van der Waals surface area (Å²) in [5.74, 6) is 0.484. The van der Waals surface area contributed by atoms with Crippen LogP contribution in [0.3, 0.4) is 0 Å². The number of amides is 1. The lowest BCUT2D eigenvalue weighted by Gasteiger charge is -2.17. The molecule has 32 heavy (non-hydrogen) atoms. The lowest BCUT2D eigenvalue weighted by Crippen LogP contribution is -2.13. The SMILES string of the molecule is COc1c(C)cc(-c2n[nH]c3ccc(O[C@H](C)c4c(Cl)cncc4Cl)cc23)cc1C(N)=O. The summed E-state index contributed by atoms with van der Waals surface area (Å²) < 4.78 is 11.5. The highest BCUT2D eigenvalue weighted by molar-refractivity contribution is 6.35. The van der Waals surface area contributed by atoms with Crippen LogP contribution in [0.15, 0.2) is 42.7 Å². The second kappa shape index (κ2) is 8.68. The Labute approximate surface area is 194 Å². The van der Waals surface area contributed by atoms with Crippen molar-refractivity contribution in [2.75, 3.05) is 7.11 Å². The normalized spacial score (nSPS) is 12.0. The average molecular weight is 471 g/mol. The molecule has 7 nitrogen and oxygen atoms in total. The van der Waals surface area contributed by atoms with Gasteiger partial charge in [-0.05, 0) is 49.7 Å². The molecule has 0 saturated carbocycles. The number of carbonyl (C=O) groups excluding carboxylic acids is 1. The van der Waals surface area contributed by atoms with E-state index in [0.717, 1.165) is 22.0 Å². The monoisotopic (exact) mass is 470 g/mol. The maximum Gasteiger partial charge on any atom is 0.252 e. The predicted molar refractivity (Wildman–Crippen MR) is 125 cm³/mol. The van der Waals surface area contributed by atoms with Gasteiger partial charge in [-0.15, -0.1) is 0 Å². The summed E-state index contributed by atoms with van der Waals surface area (Å²) in [5.41, 5.74) is 9.49. The number of fused-ring (bicyclic) bond motifs is 1. The predicted octanol–water partition coefficient (Wildman–Crippen LogP) is 5.49. The molecule has 2 aromatic carbocycles. The average Bonchev–Trinajstić information content (AvgIpc) is 3.16. The fraction of sp³-hybridized carbons (Fsp3) is 0.174.